The van der Waals surface area contributed by atoms with Crippen LogP contribution >= 0.6 is 22.6 Å². The van der Waals surface area contributed by atoms with Crippen LogP contribution in [0.25, 0.3) is 10.4 Å². The zero-order valence-electron chi connectivity index (χ0n) is 10.5. The summed E-state index contributed by atoms with van der Waals surface area (Å²) >= 11 is 1.97. The van der Waals surface area contributed by atoms with Crippen LogP contribution in [0.1, 0.15) is 13.3 Å². The average Bonchev–Trinajstić information content (AvgIpc) is 2.64. The number of hydrogen-bond acceptors (Lipinski definition) is 5. The molecule has 2 bridgehead atoms. The number of hydrogen-bond donors (Lipinski definition) is 1. The fourth-order valence-electron chi connectivity index (χ4n) is 2.69. The Morgan fingerprint density at radius 1 is 1.60 bits per heavy atom. The SMILES string of the molecule is CC1(I)C(=O)NC(=O)N2C3CC(N=[N+]=[N-])C(COC21)O3. The molecule has 0 aliphatic carbocycles. The minimum absolute atomic E-state index is 0.181. The third-order valence-electron chi connectivity index (χ3n) is 3.75. The quantitative estimate of drug-likeness (QED) is 0.234. The van der Waals surface area contributed by atoms with Crippen molar-refractivity contribution in [3.05, 3.63) is 10.4 Å². The molecule has 3 amide bonds. The largest absolute Gasteiger partial charge is 0.353 e. The highest BCUT2D eigenvalue weighted by molar-refractivity contribution is 14.1. The van der Waals surface area contributed by atoms with E-state index in [4.69, 9.17) is 15.0 Å². The van der Waals surface area contributed by atoms with Gasteiger partial charge in [0.05, 0.1) is 18.8 Å². The smallest absolute Gasteiger partial charge is 0.328 e. The minimum Gasteiger partial charge on any atom is -0.353 e. The summed E-state index contributed by atoms with van der Waals surface area (Å²) in [6.07, 6.45) is -1.23. The maximum Gasteiger partial charge on any atom is 0.328 e. The van der Waals surface area contributed by atoms with E-state index in [0.717, 1.165) is 0 Å². The number of imide groups is 1. The fourth-order valence-corrected chi connectivity index (χ4v) is 3.31. The van der Waals surface area contributed by atoms with Crippen LogP contribution < -0.4 is 5.32 Å². The molecular weight excluding hydrogens is 381 g/mol. The molecule has 20 heavy (non-hydrogen) atoms. The number of alkyl halides is 1. The maximum atomic E-state index is 12.1. The van der Waals surface area contributed by atoms with Crippen LogP contribution in [0.3, 0.4) is 0 Å². The van der Waals surface area contributed by atoms with Gasteiger partial charge in [-0.2, -0.15) is 0 Å². The minimum atomic E-state index is -0.895. The van der Waals surface area contributed by atoms with Gasteiger partial charge in [-0.1, -0.05) is 27.7 Å². The van der Waals surface area contributed by atoms with Gasteiger partial charge >= 0.3 is 6.03 Å². The van der Waals surface area contributed by atoms with Crippen molar-refractivity contribution in [3.63, 3.8) is 0 Å². The van der Waals surface area contributed by atoms with Gasteiger partial charge in [0.1, 0.15) is 9.65 Å². The third kappa shape index (κ3) is 1.94. The predicted molar refractivity (Wildman–Crippen MR) is 73.8 cm³/mol. The van der Waals surface area contributed by atoms with Crippen LogP contribution in [-0.2, 0) is 14.3 Å². The third-order valence-corrected chi connectivity index (χ3v) is 4.77. The summed E-state index contributed by atoms with van der Waals surface area (Å²) in [5.74, 6) is -0.381. The van der Waals surface area contributed by atoms with Gasteiger partial charge in [-0.05, 0) is 12.5 Å². The van der Waals surface area contributed by atoms with Crippen molar-refractivity contribution in [2.45, 2.75) is 41.4 Å². The van der Waals surface area contributed by atoms with Gasteiger partial charge in [0.25, 0.3) is 0 Å². The van der Waals surface area contributed by atoms with Gasteiger partial charge in [0.15, 0.2) is 6.23 Å². The van der Waals surface area contributed by atoms with Gasteiger partial charge in [-0.15, -0.1) is 0 Å². The number of azide groups is 1. The van der Waals surface area contributed by atoms with Crippen molar-refractivity contribution in [2.75, 3.05) is 6.61 Å². The monoisotopic (exact) mass is 393 g/mol. The van der Waals surface area contributed by atoms with Gasteiger partial charge in [0, 0.05) is 11.3 Å². The molecule has 9 nitrogen and oxygen atoms in total. The number of ether oxygens (including phenoxy) is 2. The summed E-state index contributed by atoms with van der Waals surface area (Å²) < 4.78 is 10.5. The lowest BCUT2D eigenvalue weighted by atomic mass is 10.0. The summed E-state index contributed by atoms with van der Waals surface area (Å²) in [7, 11) is 0. The molecule has 10 heteroatoms. The molecule has 108 valence electrons. The van der Waals surface area contributed by atoms with Crippen molar-refractivity contribution in [2.24, 2.45) is 5.11 Å². The molecule has 5 atom stereocenters. The van der Waals surface area contributed by atoms with Crippen LogP contribution in [0.15, 0.2) is 5.11 Å². The normalized spacial score (nSPS) is 43.4. The first-order valence-corrected chi connectivity index (χ1v) is 7.17. The number of amides is 3. The Labute approximate surface area is 127 Å². The van der Waals surface area contributed by atoms with Crippen LogP contribution in [0.5, 0.6) is 0 Å². The molecule has 1 N–H and O–H groups in total. The highest BCUT2D eigenvalue weighted by atomic mass is 127. The Balaban J connectivity index is 1.93. The van der Waals surface area contributed by atoms with Crippen molar-refractivity contribution in [1.82, 2.24) is 10.2 Å². The van der Waals surface area contributed by atoms with Crippen LogP contribution in [0, 0.1) is 0 Å². The van der Waals surface area contributed by atoms with Gasteiger partial charge in [-0.3, -0.25) is 15.0 Å². The molecule has 3 saturated heterocycles. The number of carbonyl (C=O) groups excluding carboxylic acids is 2. The molecule has 3 aliphatic heterocycles. The standard InChI is InChI=1S/C10H12IN5O4/c1-10(11)7(17)13-9(18)16-6-2-4(14-15-12)5(20-6)3-19-8(10)16/h4-6,8H,2-3H2,1H3,(H,13,17,18). The molecular formula is C10H12IN5O4. The number of urea groups is 1. The number of rotatable bonds is 1. The van der Waals surface area contributed by atoms with E-state index in [1.807, 2.05) is 22.6 Å². The zero-order valence-corrected chi connectivity index (χ0v) is 12.7. The van der Waals surface area contributed by atoms with E-state index < -0.39 is 28.0 Å². The molecule has 0 saturated carbocycles. The first kappa shape index (κ1) is 13.9. The predicted octanol–water partition coefficient (Wildman–Crippen LogP) is 0.882. The summed E-state index contributed by atoms with van der Waals surface area (Å²) in [5, 5.41) is 5.97. The summed E-state index contributed by atoms with van der Waals surface area (Å²) in [4.78, 5) is 28.1. The first-order chi connectivity index (χ1) is 9.45. The van der Waals surface area contributed by atoms with E-state index in [1.54, 1.807) is 6.92 Å². The molecule has 3 rings (SSSR count). The van der Waals surface area contributed by atoms with E-state index in [2.05, 4.69) is 15.3 Å². The fraction of sp³-hybridized carbons (Fsp3) is 0.800. The molecule has 3 fully saturated rings. The summed E-state index contributed by atoms with van der Waals surface area (Å²) in [6, 6.07) is -0.904. The Kier molecular flexibility index (Phi) is 3.27. The lowest BCUT2D eigenvalue weighted by molar-refractivity contribution is -0.139. The lowest BCUT2D eigenvalue weighted by Gasteiger charge is -2.44. The second kappa shape index (κ2) is 4.72. The average molecular weight is 393 g/mol. The second-order valence-electron chi connectivity index (χ2n) is 5.06. The van der Waals surface area contributed by atoms with Gasteiger partial charge in [-0.25, -0.2) is 4.79 Å². The number of nitrogens with zero attached hydrogens (tertiary/aromatic N) is 4. The molecule has 0 radical (unpaired) electrons. The Morgan fingerprint density at radius 3 is 3.05 bits per heavy atom. The topological polar surface area (TPSA) is 117 Å². The van der Waals surface area contributed by atoms with Crippen LogP contribution in [0.2, 0.25) is 0 Å². The van der Waals surface area contributed by atoms with E-state index in [1.165, 1.54) is 4.90 Å². The highest BCUT2D eigenvalue weighted by Crippen LogP contribution is 2.39. The van der Waals surface area contributed by atoms with Crippen molar-refractivity contribution in [3.8, 4) is 0 Å². The summed E-state index contributed by atoms with van der Waals surface area (Å²) in [6.45, 7) is 1.89. The summed E-state index contributed by atoms with van der Waals surface area (Å²) in [5.41, 5.74) is 8.54. The highest BCUT2D eigenvalue weighted by Gasteiger charge is 2.56. The molecule has 0 aromatic rings. The molecule has 0 spiro atoms. The van der Waals surface area contributed by atoms with E-state index in [-0.39, 0.29) is 18.6 Å². The Bertz CT molecular complexity index is 520. The molecule has 3 heterocycles. The van der Waals surface area contributed by atoms with Gasteiger partial charge < -0.3 is 9.47 Å². The molecule has 0 aromatic carbocycles. The van der Waals surface area contributed by atoms with Crippen molar-refractivity contribution in [1.29, 1.82) is 0 Å². The Morgan fingerprint density at radius 2 is 2.35 bits per heavy atom. The zero-order chi connectivity index (χ0) is 14.5. The number of nitrogens with one attached hydrogen (secondary N) is 1. The second-order valence-corrected chi connectivity index (χ2v) is 7.31. The lowest BCUT2D eigenvalue weighted by Crippen LogP contribution is -2.68. The maximum absolute atomic E-state index is 12.1. The van der Waals surface area contributed by atoms with Crippen molar-refractivity contribution < 1.29 is 19.1 Å². The molecule has 3 aliphatic rings. The van der Waals surface area contributed by atoms with E-state index in [9.17, 15) is 9.59 Å². The van der Waals surface area contributed by atoms with E-state index >= 15 is 0 Å². The first-order valence-electron chi connectivity index (χ1n) is 6.09. The number of fused-ring (bicyclic) bond motifs is 4. The Hall–Kier alpha value is -1.10. The molecule has 0 aromatic heterocycles. The van der Waals surface area contributed by atoms with Crippen LogP contribution in [0.4, 0.5) is 4.79 Å². The molecule has 5 unspecified atom stereocenters. The van der Waals surface area contributed by atoms with E-state index in [0.29, 0.717) is 6.42 Å². The van der Waals surface area contributed by atoms with Gasteiger partial charge in [0.2, 0.25) is 5.91 Å². The number of halogens is 1. The van der Waals surface area contributed by atoms with Crippen LogP contribution in [-0.4, -0.2) is 51.5 Å². The number of carbonyl (C=O) groups is 2. The van der Waals surface area contributed by atoms with Crippen molar-refractivity contribution >= 4 is 34.5 Å².